The summed E-state index contributed by atoms with van der Waals surface area (Å²) in [7, 11) is -0.796. The number of nitrogens with zero attached hydrogens (tertiary/aromatic N) is 1. The Morgan fingerprint density at radius 2 is 1.79 bits per heavy atom. The topological polar surface area (TPSA) is 84.9 Å². The Morgan fingerprint density at radius 1 is 1.14 bits per heavy atom. The van der Waals surface area contributed by atoms with Crippen molar-refractivity contribution in [2.24, 2.45) is 0 Å². The Labute approximate surface area is 170 Å². The minimum atomic E-state index is -3.79. The van der Waals surface area contributed by atoms with Crippen molar-refractivity contribution in [2.45, 2.75) is 19.5 Å². The highest BCUT2D eigenvalue weighted by atomic mass is 35.5. The van der Waals surface area contributed by atoms with Crippen LogP contribution in [0.3, 0.4) is 0 Å². The number of rotatable bonds is 8. The number of methoxy groups -OCH3 is 2. The predicted molar refractivity (Wildman–Crippen MR) is 110 cm³/mol. The van der Waals surface area contributed by atoms with Crippen LogP contribution in [-0.4, -0.2) is 40.8 Å². The maximum Gasteiger partial charge on any atom is 0.243 e. The molecule has 0 heterocycles. The minimum absolute atomic E-state index is 0.199. The van der Waals surface area contributed by atoms with Gasteiger partial charge in [-0.1, -0.05) is 23.7 Å². The van der Waals surface area contributed by atoms with Gasteiger partial charge in [0.2, 0.25) is 15.9 Å². The molecular formula is C19H23ClN2O5S. The summed E-state index contributed by atoms with van der Waals surface area (Å²) in [4.78, 5) is 12.7. The normalized spacial score (nSPS) is 12.2. The third-order valence-electron chi connectivity index (χ3n) is 4.09. The van der Waals surface area contributed by atoms with E-state index in [2.05, 4.69) is 5.32 Å². The molecule has 28 heavy (non-hydrogen) atoms. The number of halogens is 1. The van der Waals surface area contributed by atoms with Gasteiger partial charge in [-0.05, 0) is 42.8 Å². The fourth-order valence-corrected chi connectivity index (χ4v) is 4.03. The summed E-state index contributed by atoms with van der Waals surface area (Å²) in [5, 5.41) is 3.08. The quantitative estimate of drug-likeness (QED) is 0.701. The van der Waals surface area contributed by atoms with Crippen molar-refractivity contribution in [1.29, 1.82) is 0 Å². The third kappa shape index (κ3) is 5.30. The second kappa shape index (κ2) is 9.16. The minimum Gasteiger partial charge on any atom is -0.497 e. The number of anilines is 1. The number of carbonyl (C=O) groups excluding carboxylic acids is 1. The standard InChI is InChI=1S/C19H23ClN2O5S/c1-13(19(23)21-12-14-5-8-16(26-2)9-6-14)22(28(4,24)25)17-11-15(20)7-10-18(17)27-3/h5-11,13H,12H2,1-4H3,(H,21,23)/t13-/m0/s1. The maximum absolute atomic E-state index is 12.7. The van der Waals surface area contributed by atoms with E-state index in [-0.39, 0.29) is 12.2 Å². The molecule has 152 valence electrons. The van der Waals surface area contributed by atoms with Crippen LogP contribution < -0.4 is 19.1 Å². The molecule has 0 aliphatic carbocycles. The molecule has 0 saturated carbocycles. The zero-order valence-electron chi connectivity index (χ0n) is 16.1. The monoisotopic (exact) mass is 426 g/mol. The zero-order chi connectivity index (χ0) is 20.9. The van der Waals surface area contributed by atoms with Crippen molar-refractivity contribution in [2.75, 3.05) is 24.8 Å². The van der Waals surface area contributed by atoms with Gasteiger partial charge < -0.3 is 14.8 Å². The first-order chi connectivity index (χ1) is 13.2. The van der Waals surface area contributed by atoms with Gasteiger partial charge in [0.05, 0.1) is 26.2 Å². The third-order valence-corrected chi connectivity index (χ3v) is 5.56. The summed E-state index contributed by atoms with van der Waals surface area (Å²) in [6, 6.07) is 10.8. The number of hydrogen-bond donors (Lipinski definition) is 1. The van der Waals surface area contributed by atoms with Crippen molar-refractivity contribution in [3.8, 4) is 11.5 Å². The van der Waals surface area contributed by atoms with Crippen molar-refractivity contribution in [1.82, 2.24) is 5.32 Å². The van der Waals surface area contributed by atoms with Gasteiger partial charge in [0.1, 0.15) is 17.5 Å². The molecule has 2 rings (SSSR count). The van der Waals surface area contributed by atoms with Crippen molar-refractivity contribution >= 4 is 33.2 Å². The summed E-state index contributed by atoms with van der Waals surface area (Å²) < 4.78 is 36.2. The molecule has 1 atom stereocenters. The molecule has 0 bridgehead atoms. The van der Waals surface area contributed by atoms with Crippen LogP contribution in [0.25, 0.3) is 0 Å². The van der Waals surface area contributed by atoms with E-state index in [1.54, 1.807) is 31.4 Å². The molecule has 0 radical (unpaired) electrons. The van der Waals surface area contributed by atoms with Crippen LogP contribution in [0, 0.1) is 0 Å². The molecular weight excluding hydrogens is 404 g/mol. The Balaban J connectivity index is 2.24. The number of benzene rings is 2. The lowest BCUT2D eigenvalue weighted by atomic mass is 10.2. The van der Waals surface area contributed by atoms with E-state index >= 15 is 0 Å². The number of nitrogens with one attached hydrogen (secondary N) is 1. The van der Waals surface area contributed by atoms with Gasteiger partial charge in [-0.3, -0.25) is 9.10 Å². The Hall–Kier alpha value is -2.45. The van der Waals surface area contributed by atoms with Crippen LogP contribution >= 0.6 is 11.6 Å². The molecule has 0 aromatic heterocycles. The molecule has 2 aromatic carbocycles. The molecule has 7 nitrogen and oxygen atoms in total. The smallest absolute Gasteiger partial charge is 0.243 e. The second-order valence-corrected chi connectivity index (χ2v) is 8.41. The Morgan fingerprint density at radius 3 is 2.32 bits per heavy atom. The number of sulfonamides is 1. The Kier molecular flexibility index (Phi) is 7.15. The van der Waals surface area contributed by atoms with E-state index in [9.17, 15) is 13.2 Å². The average Bonchev–Trinajstić information content (AvgIpc) is 2.65. The van der Waals surface area contributed by atoms with E-state index in [1.165, 1.54) is 20.1 Å². The van der Waals surface area contributed by atoms with E-state index in [1.807, 2.05) is 12.1 Å². The molecule has 1 N–H and O–H groups in total. The van der Waals surface area contributed by atoms with Crippen LogP contribution in [0.2, 0.25) is 5.02 Å². The largest absolute Gasteiger partial charge is 0.497 e. The first-order valence-electron chi connectivity index (χ1n) is 8.41. The van der Waals surface area contributed by atoms with Gasteiger partial charge >= 0.3 is 0 Å². The van der Waals surface area contributed by atoms with E-state index in [0.717, 1.165) is 16.1 Å². The fourth-order valence-electron chi connectivity index (χ4n) is 2.70. The molecule has 0 aliphatic heterocycles. The zero-order valence-corrected chi connectivity index (χ0v) is 17.7. The lowest BCUT2D eigenvalue weighted by molar-refractivity contribution is -0.122. The number of ether oxygens (including phenoxy) is 2. The number of hydrogen-bond acceptors (Lipinski definition) is 5. The Bertz CT molecular complexity index is 932. The first-order valence-corrected chi connectivity index (χ1v) is 10.6. The van der Waals surface area contributed by atoms with Crippen molar-refractivity contribution in [3.63, 3.8) is 0 Å². The summed E-state index contributed by atoms with van der Waals surface area (Å²) in [5.74, 6) is 0.549. The van der Waals surface area contributed by atoms with Gasteiger partial charge in [0, 0.05) is 11.6 Å². The van der Waals surface area contributed by atoms with Crippen molar-refractivity contribution in [3.05, 3.63) is 53.1 Å². The van der Waals surface area contributed by atoms with Gasteiger partial charge in [-0.2, -0.15) is 0 Å². The summed E-state index contributed by atoms with van der Waals surface area (Å²) >= 11 is 6.03. The molecule has 0 aliphatic rings. The van der Waals surface area contributed by atoms with Gasteiger partial charge in [0.15, 0.2) is 0 Å². The molecule has 0 unspecified atom stereocenters. The van der Waals surface area contributed by atoms with E-state index in [4.69, 9.17) is 21.1 Å². The molecule has 0 fully saturated rings. The van der Waals surface area contributed by atoms with Gasteiger partial charge in [-0.25, -0.2) is 8.42 Å². The van der Waals surface area contributed by atoms with Crippen LogP contribution in [-0.2, 0) is 21.4 Å². The average molecular weight is 427 g/mol. The first kappa shape index (κ1) is 21.8. The van der Waals surface area contributed by atoms with Crippen LogP contribution in [0.4, 0.5) is 5.69 Å². The predicted octanol–water partition coefficient (Wildman–Crippen LogP) is 2.83. The lowest BCUT2D eigenvalue weighted by Crippen LogP contribution is -2.47. The number of carbonyl (C=O) groups is 1. The van der Waals surface area contributed by atoms with Crippen LogP contribution in [0.1, 0.15) is 12.5 Å². The van der Waals surface area contributed by atoms with Crippen LogP contribution in [0.15, 0.2) is 42.5 Å². The second-order valence-electron chi connectivity index (χ2n) is 6.12. The molecule has 1 amide bonds. The molecule has 9 heteroatoms. The summed E-state index contributed by atoms with van der Waals surface area (Å²) in [5.41, 5.74) is 1.05. The summed E-state index contributed by atoms with van der Waals surface area (Å²) in [6.45, 7) is 1.75. The molecule has 2 aromatic rings. The molecule has 0 spiro atoms. The lowest BCUT2D eigenvalue weighted by Gasteiger charge is -2.29. The fraction of sp³-hybridized carbons (Fsp3) is 0.316. The highest BCUT2D eigenvalue weighted by molar-refractivity contribution is 7.92. The summed E-state index contributed by atoms with van der Waals surface area (Å²) in [6.07, 6.45) is 1.03. The van der Waals surface area contributed by atoms with E-state index in [0.29, 0.717) is 16.5 Å². The van der Waals surface area contributed by atoms with Crippen LogP contribution in [0.5, 0.6) is 11.5 Å². The van der Waals surface area contributed by atoms with E-state index < -0.39 is 22.0 Å². The van der Waals surface area contributed by atoms with Crippen molar-refractivity contribution < 1.29 is 22.7 Å². The number of amides is 1. The SMILES string of the molecule is COc1ccc(CNC(=O)[C@H](C)N(c2cc(Cl)ccc2OC)S(C)(=O)=O)cc1. The maximum atomic E-state index is 12.7. The highest BCUT2D eigenvalue weighted by Crippen LogP contribution is 2.34. The molecule has 0 saturated heterocycles. The highest BCUT2D eigenvalue weighted by Gasteiger charge is 2.31. The van der Waals surface area contributed by atoms with Gasteiger partial charge in [-0.15, -0.1) is 0 Å². The van der Waals surface area contributed by atoms with Gasteiger partial charge in [0.25, 0.3) is 0 Å².